The number of imide groups is 1. The van der Waals surface area contributed by atoms with Crippen molar-refractivity contribution < 1.29 is 14.3 Å². The molecule has 0 N–H and O–H groups in total. The summed E-state index contributed by atoms with van der Waals surface area (Å²) in [4.78, 5) is 30.6. The molecule has 2 aliphatic rings. The molecule has 3 amide bonds. The Balaban J connectivity index is 1.64. The highest BCUT2D eigenvalue weighted by molar-refractivity contribution is 6.30. The van der Waals surface area contributed by atoms with Crippen LogP contribution >= 0.6 is 11.6 Å². The van der Waals surface area contributed by atoms with E-state index in [9.17, 15) is 9.59 Å². The molecular formula is C22H21ClN6O3. The van der Waals surface area contributed by atoms with Gasteiger partial charge in [0.2, 0.25) is 5.95 Å². The van der Waals surface area contributed by atoms with E-state index in [1.54, 1.807) is 25.1 Å². The second-order valence-electron chi connectivity index (χ2n) is 7.83. The van der Waals surface area contributed by atoms with E-state index < -0.39 is 12.2 Å². The molecule has 2 aromatic carbocycles. The third-order valence-electron chi connectivity index (χ3n) is 5.98. The lowest BCUT2D eigenvalue weighted by atomic mass is 10.1. The summed E-state index contributed by atoms with van der Waals surface area (Å²) in [6, 6.07) is 13.9. The van der Waals surface area contributed by atoms with E-state index in [0.717, 1.165) is 21.8 Å². The van der Waals surface area contributed by atoms with Crippen LogP contribution in [0.5, 0.6) is 5.75 Å². The van der Waals surface area contributed by atoms with Gasteiger partial charge in [-0.1, -0.05) is 23.7 Å². The van der Waals surface area contributed by atoms with Crippen molar-refractivity contribution >= 4 is 29.5 Å². The molecule has 0 radical (unpaired) electrons. The highest BCUT2D eigenvalue weighted by Gasteiger charge is 2.54. The van der Waals surface area contributed by atoms with Gasteiger partial charge in [0.15, 0.2) is 11.9 Å². The Labute approximate surface area is 189 Å². The summed E-state index contributed by atoms with van der Waals surface area (Å²) in [6.45, 7) is 0.393. The highest BCUT2D eigenvalue weighted by atomic mass is 35.5. The van der Waals surface area contributed by atoms with E-state index in [2.05, 4.69) is 10.2 Å². The first kappa shape index (κ1) is 20.3. The van der Waals surface area contributed by atoms with Crippen molar-refractivity contribution in [3.05, 3.63) is 59.1 Å². The van der Waals surface area contributed by atoms with E-state index in [-0.39, 0.29) is 11.9 Å². The van der Waals surface area contributed by atoms with Crippen molar-refractivity contribution in [3.8, 4) is 17.1 Å². The van der Waals surface area contributed by atoms with Gasteiger partial charge in [-0.05, 0) is 42.0 Å². The van der Waals surface area contributed by atoms with Gasteiger partial charge < -0.3 is 14.5 Å². The first-order valence-electron chi connectivity index (χ1n) is 10.1. The standard InChI is InChI=1S/C22H21ClN6O3/c1-26-19-17(20(30)27(2)22(26)31)28(12-13-5-4-6-15(23)11-13)21-25-24-18(29(19)21)14-7-9-16(32-3)10-8-14/h4-11,17,19H,12H2,1-3H3. The Morgan fingerprint density at radius 2 is 1.81 bits per heavy atom. The molecule has 1 aromatic heterocycles. The fraction of sp³-hybridized carbons (Fsp3) is 0.273. The topological polar surface area (TPSA) is 83.8 Å². The van der Waals surface area contributed by atoms with Gasteiger partial charge in [-0.3, -0.25) is 14.3 Å². The summed E-state index contributed by atoms with van der Waals surface area (Å²) < 4.78 is 7.11. The number of amides is 3. The molecule has 9 nitrogen and oxygen atoms in total. The molecule has 10 heteroatoms. The fourth-order valence-electron chi connectivity index (χ4n) is 4.38. The van der Waals surface area contributed by atoms with E-state index >= 15 is 0 Å². The number of hydrogen-bond acceptors (Lipinski definition) is 6. The van der Waals surface area contributed by atoms with E-state index in [1.807, 2.05) is 51.9 Å². The number of anilines is 1. The molecule has 0 bridgehead atoms. The predicted octanol–water partition coefficient (Wildman–Crippen LogP) is 3.02. The highest BCUT2D eigenvalue weighted by Crippen LogP contribution is 2.43. The summed E-state index contributed by atoms with van der Waals surface area (Å²) in [5, 5.41) is 9.44. The second kappa shape index (κ2) is 7.52. The van der Waals surface area contributed by atoms with Crippen LogP contribution in [-0.4, -0.2) is 63.7 Å². The maximum absolute atomic E-state index is 13.3. The number of carbonyl (C=O) groups excluding carboxylic acids is 2. The van der Waals surface area contributed by atoms with Gasteiger partial charge >= 0.3 is 6.03 Å². The molecule has 5 rings (SSSR count). The molecule has 2 atom stereocenters. The maximum atomic E-state index is 13.3. The smallest absolute Gasteiger partial charge is 0.327 e. The van der Waals surface area contributed by atoms with Gasteiger partial charge in [0.1, 0.15) is 11.9 Å². The number of methoxy groups -OCH3 is 1. The van der Waals surface area contributed by atoms with Gasteiger partial charge in [-0.15, -0.1) is 10.2 Å². The van der Waals surface area contributed by atoms with Crippen molar-refractivity contribution in [1.29, 1.82) is 0 Å². The first-order valence-corrected chi connectivity index (χ1v) is 10.4. The van der Waals surface area contributed by atoms with Crippen molar-refractivity contribution in [2.75, 3.05) is 26.1 Å². The van der Waals surface area contributed by atoms with E-state index in [4.69, 9.17) is 16.3 Å². The molecule has 1 fully saturated rings. The normalized spacial score (nSPS) is 19.9. The van der Waals surface area contributed by atoms with Crippen molar-refractivity contribution in [2.45, 2.75) is 18.8 Å². The first-order chi connectivity index (χ1) is 15.4. The number of urea groups is 1. The summed E-state index contributed by atoms with van der Waals surface area (Å²) >= 11 is 6.18. The van der Waals surface area contributed by atoms with Gasteiger partial charge in [-0.2, -0.15) is 0 Å². The van der Waals surface area contributed by atoms with Crippen LogP contribution < -0.4 is 9.64 Å². The van der Waals surface area contributed by atoms with Crippen molar-refractivity contribution in [1.82, 2.24) is 24.6 Å². The third kappa shape index (κ3) is 3.00. The van der Waals surface area contributed by atoms with Crippen LogP contribution in [0.3, 0.4) is 0 Å². The van der Waals surface area contributed by atoms with E-state index in [0.29, 0.717) is 23.3 Å². The molecule has 164 valence electrons. The average molecular weight is 453 g/mol. The second-order valence-corrected chi connectivity index (χ2v) is 8.27. The van der Waals surface area contributed by atoms with Crippen LogP contribution in [0.15, 0.2) is 48.5 Å². The molecular weight excluding hydrogens is 432 g/mol. The number of nitrogens with zero attached hydrogens (tertiary/aromatic N) is 6. The maximum Gasteiger partial charge on any atom is 0.327 e. The SMILES string of the molecule is COc1ccc(-c2nnc3n2C2C(C(=O)N(C)C(=O)N2C)N3Cc2cccc(Cl)c2)cc1. The van der Waals surface area contributed by atoms with Gasteiger partial charge in [0.25, 0.3) is 5.91 Å². The van der Waals surface area contributed by atoms with Crippen LogP contribution in [0.2, 0.25) is 5.02 Å². The van der Waals surface area contributed by atoms with Gasteiger partial charge in [-0.25, -0.2) is 4.79 Å². The molecule has 2 unspecified atom stereocenters. The minimum absolute atomic E-state index is 0.286. The minimum Gasteiger partial charge on any atom is -0.497 e. The summed E-state index contributed by atoms with van der Waals surface area (Å²) in [7, 11) is 4.79. The zero-order valence-corrected chi connectivity index (χ0v) is 18.5. The number of fused-ring (bicyclic) bond motifs is 3. The number of benzene rings is 2. The van der Waals surface area contributed by atoms with Crippen molar-refractivity contribution in [2.24, 2.45) is 0 Å². The molecule has 1 saturated heterocycles. The third-order valence-corrected chi connectivity index (χ3v) is 6.21. The molecule has 0 aliphatic carbocycles. The zero-order valence-electron chi connectivity index (χ0n) is 17.8. The van der Waals surface area contributed by atoms with E-state index in [1.165, 1.54) is 7.05 Å². The Morgan fingerprint density at radius 3 is 2.50 bits per heavy atom. The lowest BCUT2D eigenvalue weighted by Gasteiger charge is -2.40. The molecule has 2 aliphatic heterocycles. The quantitative estimate of drug-likeness (QED) is 0.605. The summed E-state index contributed by atoms with van der Waals surface area (Å²) in [6.07, 6.45) is -0.576. The lowest BCUT2D eigenvalue weighted by Crippen LogP contribution is -2.61. The van der Waals surface area contributed by atoms with Crippen LogP contribution in [0.25, 0.3) is 11.4 Å². The van der Waals surface area contributed by atoms with Crippen LogP contribution in [0.1, 0.15) is 11.7 Å². The molecule has 3 heterocycles. The fourth-order valence-corrected chi connectivity index (χ4v) is 4.59. The zero-order chi connectivity index (χ0) is 22.6. The summed E-state index contributed by atoms with van der Waals surface area (Å²) in [5.41, 5.74) is 1.73. The Morgan fingerprint density at radius 1 is 1.06 bits per heavy atom. The molecule has 32 heavy (non-hydrogen) atoms. The minimum atomic E-state index is -0.635. The average Bonchev–Trinajstić information content (AvgIpc) is 3.35. The van der Waals surface area contributed by atoms with Crippen LogP contribution in [0.4, 0.5) is 10.7 Å². The Kier molecular flexibility index (Phi) is 4.78. The van der Waals surface area contributed by atoms with Gasteiger partial charge in [0, 0.05) is 31.2 Å². The number of likely N-dealkylation sites (N-methyl/N-ethyl adjacent to an activating group) is 2. The number of carbonyl (C=O) groups is 2. The molecule has 0 saturated carbocycles. The molecule has 3 aromatic rings. The predicted molar refractivity (Wildman–Crippen MR) is 118 cm³/mol. The number of ether oxygens (including phenoxy) is 1. The Hall–Kier alpha value is -3.59. The molecule has 0 spiro atoms. The van der Waals surface area contributed by atoms with Crippen LogP contribution in [-0.2, 0) is 11.3 Å². The Bertz CT molecular complexity index is 1210. The lowest BCUT2D eigenvalue weighted by molar-refractivity contribution is -0.133. The van der Waals surface area contributed by atoms with Crippen molar-refractivity contribution in [3.63, 3.8) is 0 Å². The van der Waals surface area contributed by atoms with Gasteiger partial charge in [0.05, 0.1) is 7.11 Å². The summed E-state index contributed by atoms with van der Waals surface area (Å²) in [5.74, 6) is 1.53. The largest absolute Gasteiger partial charge is 0.497 e. The monoisotopic (exact) mass is 452 g/mol. The number of hydrogen-bond donors (Lipinski definition) is 0. The number of rotatable bonds is 4. The van der Waals surface area contributed by atoms with Crippen LogP contribution in [0, 0.1) is 0 Å². The number of aromatic nitrogens is 3. The number of halogens is 1.